The molecule has 0 aliphatic carbocycles. The normalized spacial score (nSPS) is 10.1. The van der Waals surface area contributed by atoms with Crippen molar-refractivity contribution in [2.45, 2.75) is 0 Å². The van der Waals surface area contributed by atoms with Gasteiger partial charge >= 0.3 is 0 Å². The standard InChI is InChI=1S/C6H10BrN3O/c1-10-6(11-3-2-8)4-5(7)9-10/h4H,2-3,8H2,1H3. The summed E-state index contributed by atoms with van der Waals surface area (Å²) in [4.78, 5) is 0. The summed E-state index contributed by atoms with van der Waals surface area (Å²) in [6.45, 7) is 1.04. The molecule has 1 rings (SSSR count). The summed E-state index contributed by atoms with van der Waals surface area (Å²) in [5, 5.41) is 4.03. The Morgan fingerprint density at radius 3 is 3.00 bits per heavy atom. The van der Waals surface area contributed by atoms with Crippen molar-refractivity contribution in [1.29, 1.82) is 0 Å². The van der Waals surface area contributed by atoms with E-state index in [-0.39, 0.29) is 0 Å². The Kier molecular flexibility index (Phi) is 2.90. The third kappa shape index (κ3) is 2.20. The van der Waals surface area contributed by atoms with Gasteiger partial charge in [-0.3, -0.25) is 0 Å². The van der Waals surface area contributed by atoms with Crippen LogP contribution in [-0.2, 0) is 7.05 Å². The molecule has 0 atom stereocenters. The lowest BCUT2D eigenvalue weighted by atomic mass is 10.6. The molecular weight excluding hydrogens is 210 g/mol. The molecule has 5 heteroatoms. The van der Waals surface area contributed by atoms with Gasteiger partial charge in [0.2, 0.25) is 5.88 Å². The maximum absolute atomic E-state index is 5.27. The van der Waals surface area contributed by atoms with Crippen LogP contribution in [0.4, 0.5) is 0 Å². The Labute approximate surface area is 73.5 Å². The van der Waals surface area contributed by atoms with Crippen LogP contribution in [0, 0.1) is 0 Å². The molecule has 1 aromatic heterocycles. The van der Waals surface area contributed by atoms with E-state index in [0.717, 1.165) is 10.5 Å². The lowest BCUT2D eigenvalue weighted by Gasteiger charge is -2.02. The molecule has 0 saturated carbocycles. The van der Waals surface area contributed by atoms with Crippen molar-refractivity contribution in [2.75, 3.05) is 13.2 Å². The largest absolute Gasteiger partial charge is 0.476 e. The Bertz CT molecular complexity index is 236. The Hall–Kier alpha value is -0.550. The number of hydrogen-bond acceptors (Lipinski definition) is 3. The number of halogens is 1. The van der Waals surface area contributed by atoms with E-state index < -0.39 is 0 Å². The zero-order valence-electron chi connectivity index (χ0n) is 6.25. The first-order valence-electron chi connectivity index (χ1n) is 3.26. The summed E-state index contributed by atoms with van der Waals surface area (Å²) in [5.74, 6) is 0.724. The number of ether oxygens (including phenoxy) is 1. The van der Waals surface area contributed by atoms with E-state index in [1.54, 1.807) is 10.7 Å². The fraction of sp³-hybridized carbons (Fsp3) is 0.500. The quantitative estimate of drug-likeness (QED) is 0.807. The van der Waals surface area contributed by atoms with Crippen molar-refractivity contribution in [3.63, 3.8) is 0 Å². The molecule has 0 aliphatic heterocycles. The molecule has 0 fully saturated rings. The van der Waals surface area contributed by atoms with Crippen molar-refractivity contribution < 1.29 is 4.74 Å². The second-order valence-corrected chi connectivity index (χ2v) is 2.88. The Balaban J connectivity index is 2.62. The van der Waals surface area contributed by atoms with Crippen molar-refractivity contribution in [3.05, 3.63) is 10.7 Å². The molecule has 0 radical (unpaired) electrons. The van der Waals surface area contributed by atoms with Gasteiger partial charge in [0, 0.05) is 19.7 Å². The van der Waals surface area contributed by atoms with Crippen LogP contribution >= 0.6 is 15.9 Å². The monoisotopic (exact) mass is 219 g/mol. The first kappa shape index (κ1) is 8.55. The maximum Gasteiger partial charge on any atom is 0.212 e. The Morgan fingerprint density at radius 1 is 1.82 bits per heavy atom. The average molecular weight is 220 g/mol. The third-order valence-electron chi connectivity index (χ3n) is 1.17. The average Bonchev–Trinajstić information content (AvgIpc) is 2.26. The van der Waals surface area contributed by atoms with Gasteiger partial charge in [-0.15, -0.1) is 0 Å². The molecule has 0 amide bonds. The number of aromatic nitrogens is 2. The van der Waals surface area contributed by atoms with E-state index in [2.05, 4.69) is 21.0 Å². The number of nitrogens with two attached hydrogens (primary N) is 1. The minimum atomic E-state index is 0.517. The van der Waals surface area contributed by atoms with E-state index in [1.165, 1.54) is 0 Å². The highest BCUT2D eigenvalue weighted by atomic mass is 79.9. The summed E-state index contributed by atoms with van der Waals surface area (Å²) in [6.07, 6.45) is 0. The van der Waals surface area contributed by atoms with Gasteiger partial charge in [0.15, 0.2) is 0 Å². The lowest BCUT2D eigenvalue weighted by Crippen LogP contribution is -2.12. The van der Waals surface area contributed by atoms with Crippen LogP contribution in [0.25, 0.3) is 0 Å². The number of hydrogen-bond donors (Lipinski definition) is 1. The number of nitrogens with zero attached hydrogens (tertiary/aromatic N) is 2. The maximum atomic E-state index is 5.27. The topological polar surface area (TPSA) is 53.1 Å². The highest BCUT2D eigenvalue weighted by molar-refractivity contribution is 9.10. The molecule has 0 spiro atoms. The van der Waals surface area contributed by atoms with E-state index >= 15 is 0 Å². The molecule has 0 unspecified atom stereocenters. The van der Waals surface area contributed by atoms with Crippen molar-refractivity contribution in [3.8, 4) is 5.88 Å². The molecular formula is C6H10BrN3O. The number of rotatable bonds is 3. The van der Waals surface area contributed by atoms with Crippen molar-refractivity contribution in [2.24, 2.45) is 12.8 Å². The first-order valence-corrected chi connectivity index (χ1v) is 4.05. The summed E-state index contributed by atoms with van der Waals surface area (Å²) < 4.78 is 7.68. The van der Waals surface area contributed by atoms with Gasteiger partial charge in [0.25, 0.3) is 0 Å². The molecule has 1 aromatic rings. The minimum absolute atomic E-state index is 0.517. The van der Waals surface area contributed by atoms with Crippen molar-refractivity contribution in [1.82, 2.24) is 9.78 Å². The molecule has 1 heterocycles. The predicted molar refractivity (Wildman–Crippen MR) is 45.5 cm³/mol. The summed E-state index contributed by atoms with van der Waals surface area (Å²) in [7, 11) is 1.82. The zero-order valence-corrected chi connectivity index (χ0v) is 7.84. The van der Waals surface area contributed by atoms with Gasteiger partial charge in [-0.05, 0) is 15.9 Å². The molecule has 2 N–H and O–H groups in total. The van der Waals surface area contributed by atoms with E-state index in [0.29, 0.717) is 13.2 Å². The SMILES string of the molecule is Cn1nc(Br)cc1OCCN. The van der Waals surface area contributed by atoms with Crippen LogP contribution in [-0.4, -0.2) is 22.9 Å². The van der Waals surface area contributed by atoms with Gasteiger partial charge in [-0.2, -0.15) is 5.10 Å². The number of aryl methyl sites for hydroxylation is 1. The second kappa shape index (κ2) is 3.73. The van der Waals surface area contributed by atoms with Crippen LogP contribution in [0.15, 0.2) is 10.7 Å². The van der Waals surface area contributed by atoms with E-state index in [9.17, 15) is 0 Å². The predicted octanol–water partition coefficient (Wildman–Crippen LogP) is 0.520. The van der Waals surface area contributed by atoms with Gasteiger partial charge in [-0.25, -0.2) is 4.68 Å². The molecule has 62 valence electrons. The van der Waals surface area contributed by atoms with Crippen molar-refractivity contribution >= 4 is 15.9 Å². The highest BCUT2D eigenvalue weighted by Gasteiger charge is 2.01. The summed E-state index contributed by atoms with van der Waals surface area (Å²) >= 11 is 3.23. The molecule has 11 heavy (non-hydrogen) atoms. The van der Waals surface area contributed by atoms with Gasteiger partial charge < -0.3 is 10.5 Å². The van der Waals surface area contributed by atoms with Crippen LogP contribution in [0.3, 0.4) is 0 Å². The second-order valence-electron chi connectivity index (χ2n) is 2.07. The lowest BCUT2D eigenvalue weighted by molar-refractivity contribution is 0.299. The summed E-state index contributed by atoms with van der Waals surface area (Å²) in [5.41, 5.74) is 5.27. The van der Waals surface area contributed by atoms with Gasteiger partial charge in [0.1, 0.15) is 11.2 Å². The molecule has 4 nitrogen and oxygen atoms in total. The molecule has 0 bridgehead atoms. The van der Waals surface area contributed by atoms with E-state index in [1.807, 2.05) is 7.05 Å². The Morgan fingerprint density at radius 2 is 2.55 bits per heavy atom. The fourth-order valence-electron chi connectivity index (χ4n) is 0.715. The first-order chi connectivity index (χ1) is 5.24. The fourth-order valence-corrected chi connectivity index (χ4v) is 1.15. The third-order valence-corrected chi connectivity index (χ3v) is 1.56. The highest BCUT2D eigenvalue weighted by Crippen LogP contribution is 2.15. The molecule has 0 saturated heterocycles. The van der Waals surface area contributed by atoms with Crippen LogP contribution in [0.2, 0.25) is 0 Å². The van der Waals surface area contributed by atoms with Crippen LogP contribution in [0.1, 0.15) is 0 Å². The van der Waals surface area contributed by atoms with Crippen LogP contribution < -0.4 is 10.5 Å². The minimum Gasteiger partial charge on any atom is -0.476 e. The van der Waals surface area contributed by atoms with Gasteiger partial charge in [0.05, 0.1) is 0 Å². The van der Waals surface area contributed by atoms with Gasteiger partial charge in [-0.1, -0.05) is 0 Å². The molecule has 0 aliphatic rings. The van der Waals surface area contributed by atoms with E-state index in [4.69, 9.17) is 10.5 Å². The zero-order chi connectivity index (χ0) is 8.27. The van der Waals surface area contributed by atoms with Crippen LogP contribution in [0.5, 0.6) is 5.88 Å². The summed E-state index contributed by atoms with van der Waals surface area (Å²) in [6, 6.07) is 1.80. The smallest absolute Gasteiger partial charge is 0.212 e. The molecule has 0 aromatic carbocycles.